The van der Waals surface area contributed by atoms with Crippen LogP contribution < -0.4 is 5.32 Å². The Labute approximate surface area is 63.0 Å². The van der Waals surface area contributed by atoms with Crippen molar-refractivity contribution in [1.29, 1.82) is 0 Å². The summed E-state index contributed by atoms with van der Waals surface area (Å²) in [7, 11) is 0. The van der Waals surface area contributed by atoms with Crippen molar-refractivity contribution in [3.8, 4) is 0 Å². The summed E-state index contributed by atoms with van der Waals surface area (Å²) in [5.41, 5.74) is 0. The summed E-state index contributed by atoms with van der Waals surface area (Å²) in [4.78, 5) is 0. The van der Waals surface area contributed by atoms with Crippen LogP contribution in [-0.2, 0) is 4.74 Å². The molecule has 0 saturated carbocycles. The molecule has 2 nitrogen and oxygen atoms in total. The summed E-state index contributed by atoms with van der Waals surface area (Å²) >= 11 is 0. The summed E-state index contributed by atoms with van der Waals surface area (Å²) in [5.74, 6) is 0. The maximum atomic E-state index is 5.57. The Balaban J connectivity index is 2.02. The third kappa shape index (κ3) is 2.67. The Kier molecular flexibility index (Phi) is 3.76. The van der Waals surface area contributed by atoms with Gasteiger partial charge in [-0.25, -0.2) is 0 Å². The van der Waals surface area contributed by atoms with Crippen molar-refractivity contribution in [2.75, 3.05) is 19.7 Å². The van der Waals surface area contributed by atoms with Gasteiger partial charge in [-0.15, -0.1) is 0 Å². The van der Waals surface area contributed by atoms with E-state index in [-0.39, 0.29) is 0 Å². The summed E-state index contributed by atoms with van der Waals surface area (Å²) in [6, 6.07) is 0. The Morgan fingerprint density at radius 3 is 3.10 bits per heavy atom. The maximum absolute atomic E-state index is 5.57. The maximum Gasteiger partial charge on any atom is 0.0699 e. The highest BCUT2D eigenvalue weighted by molar-refractivity contribution is 4.68. The zero-order valence-corrected chi connectivity index (χ0v) is 6.73. The van der Waals surface area contributed by atoms with Crippen molar-refractivity contribution < 1.29 is 4.74 Å². The van der Waals surface area contributed by atoms with Gasteiger partial charge in [0.25, 0.3) is 0 Å². The standard InChI is InChI=1S/C8H17NO/c1-2-6-10-8-4-3-5-9-7-8/h8-9H,2-7H2,1H3/t8-/m0/s1. The molecule has 1 fully saturated rings. The van der Waals surface area contributed by atoms with Gasteiger partial charge in [0.1, 0.15) is 0 Å². The van der Waals surface area contributed by atoms with Crippen molar-refractivity contribution in [3.63, 3.8) is 0 Å². The second-order valence-electron chi connectivity index (χ2n) is 2.84. The number of hydrogen-bond acceptors (Lipinski definition) is 2. The molecule has 0 radical (unpaired) electrons. The molecule has 0 aromatic heterocycles. The molecule has 1 saturated heterocycles. The van der Waals surface area contributed by atoms with Crippen LogP contribution in [0.4, 0.5) is 0 Å². The van der Waals surface area contributed by atoms with Crippen molar-refractivity contribution in [1.82, 2.24) is 5.32 Å². The minimum Gasteiger partial charge on any atom is -0.377 e. The van der Waals surface area contributed by atoms with Crippen molar-refractivity contribution >= 4 is 0 Å². The van der Waals surface area contributed by atoms with Crippen molar-refractivity contribution in [3.05, 3.63) is 0 Å². The van der Waals surface area contributed by atoms with E-state index in [1.807, 2.05) is 0 Å². The molecular formula is C8H17NO. The van der Waals surface area contributed by atoms with Gasteiger partial charge in [-0.3, -0.25) is 0 Å². The number of hydrogen-bond donors (Lipinski definition) is 1. The molecule has 0 spiro atoms. The van der Waals surface area contributed by atoms with Gasteiger partial charge >= 0.3 is 0 Å². The minimum atomic E-state index is 0.494. The molecule has 0 unspecified atom stereocenters. The normalized spacial score (nSPS) is 26.7. The third-order valence-corrected chi connectivity index (χ3v) is 1.81. The topological polar surface area (TPSA) is 21.3 Å². The SMILES string of the molecule is CCCO[C@H]1CCCNC1. The van der Waals surface area contributed by atoms with Crippen LogP contribution in [-0.4, -0.2) is 25.8 Å². The van der Waals surface area contributed by atoms with Crippen LogP contribution >= 0.6 is 0 Å². The van der Waals surface area contributed by atoms with E-state index in [4.69, 9.17) is 4.74 Å². The fraction of sp³-hybridized carbons (Fsp3) is 1.00. The first-order valence-corrected chi connectivity index (χ1v) is 4.26. The molecule has 10 heavy (non-hydrogen) atoms. The predicted octanol–water partition coefficient (Wildman–Crippen LogP) is 1.17. The Bertz CT molecular complexity index is 79.3. The van der Waals surface area contributed by atoms with Gasteiger partial charge in [-0.05, 0) is 25.8 Å². The molecule has 1 rings (SSSR count). The van der Waals surface area contributed by atoms with Gasteiger partial charge in [-0.1, -0.05) is 6.92 Å². The van der Waals surface area contributed by atoms with Crippen LogP contribution in [0.5, 0.6) is 0 Å². The molecular weight excluding hydrogens is 126 g/mol. The minimum absolute atomic E-state index is 0.494. The largest absolute Gasteiger partial charge is 0.377 e. The highest BCUT2D eigenvalue weighted by Crippen LogP contribution is 2.05. The molecule has 1 atom stereocenters. The molecule has 0 aromatic carbocycles. The van der Waals surface area contributed by atoms with E-state index in [0.29, 0.717) is 6.10 Å². The molecule has 1 N–H and O–H groups in total. The average molecular weight is 143 g/mol. The molecule has 60 valence electrons. The summed E-state index contributed by atoms with van der Waals surface area (Å²) in [6.45, 7) is 5.30. The Morgan fingerprint density at radius 1 is 1.60 bits per heavy atom. The monoisotopic (exact) mass is 143 g/mol. The van der Waals surface area contributed by atoms with Crippen LogP contribution in [0.25, 0.3) is 0 Å². The fourth-order valence-corrected chi connectivity index (χ4v) is 1.25. The molecule has 0 aliphatic carbocycles. The van der Waals surface area contributed by atoms with Crippen molar-refractivity contribution in [2.24, 2.45) is 0 Å². The van der Waals surface area contributed by atoms with E-state index >= 15 is 0 Å². The lowest BCUT2D eigenvalue weighted by Crippen LogP contribution is -2.35. The lowest BCUT2D eigenvalue weighted by molar-refractivity contribution is 0.0375. The third-order valence-electron chi connectivity index (χ3n) is 1.81. The molecule has 2 heteroatoms. The Hall–Kier alpha value is -0.0800. The van der Waals surface area contributed by atoms with Gasteiger partial charge in [-0.2, -0.15) is 0 Å². The van der Waals surface area contributed by atoms with E-state index in [0.717, 1.165) is 19.6 Å². The first-order chi connectivity index (χ1) is 4.93. The van der Waals surface area contributed by atoms with Gasteiger partial charge in [0.05, 0.1) is 6.10 Å². The van der Waals surface area contributed by atoms with E-state index in [1.165, 1.54) is 19.4 Å². The summed E-state index contributed by atoms with van der Waals surface area (Å²) in [5, 5.41) is 3.32. The fourth-order valence-electron chi connectivity index (χ4n) is 1.25. The van der Waals surface area contributed by atoms with Crippen LogP contribution in [0.2, 0.25) is 0 Å². The lowest BCUT2D eigenvalue weighted by Gasteiger charge is -2.22. The van der Waals surface area contributed by atoms with Gasteiger partial charge in [0, 0.05) is 13.2 Å². The first-order valence-electron chi connectivity index (χ1n) is 4.26. The van der Waals surface area contributed by atoms with Crippen molar-refractivity contribution in [2.45, 2.75) is 32.3 Å². The van der Waals surface area contributed by atoms with Gasteiger partial charge in [0.2, 0.25) is 0 Å². The van der Waals surface area contributed by atoms with E-state index in [1.54, 1.807) is 0 Å². The quantitative estimate of drug-likeness (QED) is 0.640. The number of nitrogens with one attached hydrogen (secondary N) is 1. The van der Waals surface area contributed by atoms with Crippen LogP contribution in [0.3, 0.4) is 0 Å². The molecule has 1 aliphatic rings. The average Bonchev–Trinajstić information content (AvgIpc) is 2.03. The summed E-state index contributed by atoms with van der Waals surface area (Å²) < 4.78 is 5.57. The van der Waals surface area contributed by atoms with Crippen LogP contribution in [0.1, 0.15) is 26.2 Å². The highest BCUT2D eigenvalue weighted by atomic mass is 16.5. The molecule has 0 amide bonds. The molecule has 0 bridgehead atoms. The zero-order valence-electron chi connectivity index (χ0n) is 6.73. The second-order valence-corrected chi connectivity index (χ2v) is 2.84. The molecule has 1 heterocycles. The van der Waals surface area contributed by atoms with Crippen LogP contribution in [0, 0.1) is 0 Å². The van der Waals surface area contributed by atoms with Gasteiger partial charge < -0.3 is 10.1 Å². The number of ether oxygens (including phenoxy) is 1. The molecule has 0 aromatic rings. The molecule has 1 aliphatic heterocycles. The summed E-state index contributed by atoms with van der Waals surface area (Å²) in [6.07, 6.45) is 4.14. The van der Waals surface area contributed by atoms with E-state index < -0.39 is 0 Å². The smallest absolute Gasteiger partial charge is 0.0699 e. The van der Waals surface area contributed by atoms with E-state index in [9.17, 15) is 0 Å². The first kappa shape index (κ1) is 8.02. The predicted molar refractivity (Wildman–Crippen MR) is 42.1 cm³/mol. The number of rotatable bonds is 3. The lowest BCUT2D eigenvalue weighted by atomic mass is 10.1. The van der Waals surface area contributed by atoms with Gasteiger partial charge in [0.15, 0.2) is 0 Å². The van der Waals surface area contributed by atoms with Crippen LogP contribution in [0.15, 0.2) is 0 Å². The second kappa shape index (κ2) is 4.69. The Morgan fingerprint density at radius 2 is 2.50 bits per heavy atom. The van der Waals surface area contributed by atoms with E-state index in [2.05, 4.69) is 12.2 Å². The number of piperidine rings is 1. The zero-order chi connectivity index (χ0) is 7.23. The highest BCUT2D eigenvalue weighted by Gasteiger charge is 2.11.